The van der Waals surface area contributed by atoms with Gasteiger partial charge in [0.1, 0.15) is 5.75 Å². The molecule has 2 aromatic heterocycles. The summed E-state index contributed by atoms with van der Waals surface area (Å²) in [6.07, 6.45) is 0.647. The molecule has 3 rings (SSSR count). The maximum absolute atomic E-state index is 9.88. The second-order valence-electron chi connectivity index (χ2n) is 4.29. The van der Waals surface area contributed by atoms with Crippen LogP contribution in [0.4, 0.5) is 0 Å². The molecular weight excluding hydrogens is 260 g/mol. The molecule has 0 bridgehead atoms. The lowest BCUT2D eigenvalue weighted by Gasteiger charge is -1.99. The van der Waals surface area contributed by atoms with E-state index in [1.165, 1.54) is 4.88 Å². The topological polar surface area (TPSA) is 59.2 Å². The zero-order chi connectivity index (χ0) is 13.2. The largest absolute Gasteiger partial charge is 0.507 e. The van der Waals surface area contributed by atoms with E-state index in [0.29, 0.717) is 23.7 Å². The summed E-state index contributed by atoms with van der Waals surface area (Å²) in [7, 11) is 0. The van der Waals surface area contributed by atoms with Crippen molar-refractivity contribution in [2.45, 2.75) is 13.3 Å². The van der Waals surface area contributed by atoms with Gasteiger partial charge < -0.3 is 9.63 Å². The number of aryl methyl sites for hydroxylation is 1. The minimum atomic E-state index is 0.159. The van der Waals surface area contributed by atoms with E-state index >= 15 is 0 Å². The molecule has 2 heterocycles. The lowest BCUT2D eigenvalue weighted by atomic mass is 10.1. The first-order valence-corrected chi connectivity index (χ1v) is 6.75. The summed E-state index contributed by atoms with van der Waals surface area (Å²) < 4.78 is 5.20. The third-order valence-corrected chi connectivity index (χ3v) is 3.64. The molecule has 1 aromatic carbocycles. The third-order valence-electron chi connectivity index (χ3n) is 2.76. The van der Waals surface area contributed by atoms with Gasteiger partial charge in [-0.3, -0.25) is 0 Å². The van der Waals surface area contributed by atoms with Crippen LogP contribution in [0.15, 0.2) is 40.2 Å². The highest BCUT2D eigenvalue weighted by Crippen LogP contribution is 2.28. The highest BCUT2D eigenvalue weighted by Gasteiger charge is 2.13. The molecule has 4 nitrogen and oxygen atoms in total. The van der Waals surface area contributed by atoms with Gasteiger partial charge in [0.25, 0.3) is 5.89 Å². The Morgan fingerprint density at radius 2 is 2.21 bits per heavy atom. The fraction of sp³-hybridized carbons (Fsp3) is 0.143. The minimum absolute atomic E-state index is 0.159. The highest BCUT2D eigenvalue weighted by molar-refractivity contribution is 7.09. The van der Waals surface area contributed by atoms with Gasteiger partial charge in [0, 0.05) is 11.3 Å². The summed E-state index contributed by atoms with van der Waals surface area (Å²) in [4.78, 5) is 5.50. The van der Waals surface area contributed by atoms with Crippen LogP contribution in [-0.4, -0.2) is 15.2 Å². The van der Waals surface area contributed by atoms with Gasteiger partial charge in [0.2, 0.25) is 0 Å². The number of thiophene rings is 1. The Labute approximate surface area is 114 Å². The molecule has 0 radical (unpaired) electrons. The number of aromatic hydroxyl groups is 1. The van der Waals surface area contributed by atoms with E-state index < -0.39 is 0 Å². The molecule has 0 aliphatic rings. The van der Waals surface area contributed by atoms with Crippen molar-refractivity contribution in [1.29, 1.82) is 0 Å². The Bertz CT molecular complexity index is 689. The molecule has 0 saturated heterocycles. The van der Waals surface area contributed by atoms with Gasteiger partial charge in [0.05, 0.1) is 5.56 Å². The van der Waals surface area contributed by atoms with E-state index in [4.69, 9.17) is 4.52 Å². The van der Waals surface area contributed by atoms with Crippen LogP contribution in [0.5, 0.6) is 5.75 Å². The third kappa shape index (κ3) is 2.51. The van der Waals surface area contributed by atoms with Crippen molar-refractivity contribution in [3.8, 4) is 17.2 Å². The molecule has 0 spiro atoms. The van der Waals surface area contributed by atoms with Crippen LogP contribution in [0.2, 0.25) is 0 Å². The van der Waals surface area contributed by atoms with Gasteiger partial charge in [-0.05, 0) is 36.1 Å². The van der Waals surface area contributed by atoms with Crippen LogP contribution in [0.1, 0.15) is 16.3 Å². The maximum Gasteiger partial charge on any atom is 0.261 e. The molecule has 0 aliphatic carbocycles. The Morgan fingerprint density at radius 3 is 2.95 bits per heavy atom. The first kappa shape index (κ1) is 11.9. The number of aromatic nitrogens is 2. The van der Waals surface area contributed by atoms with E-state index in [2.05, 4.69) is 10.1 Å². The molecule has 3 aromatic rings. The van der Waals surface area contributed by atoms with Crippen LogP contribution >= 0.6 is 11.3 Å². The summed E-state index contributed by atoms with van der Waals surface area (Å²) in [6, 6.07) is 9.39. The van der Waals surface area contributed by atoms with Crippen LogP contribution < -0.4 is 0 Å². The van der Waals surface area contributed by atoms with Crippen LogP contribution in [0.25, 0.3) is 11.5 Å². The fourth-order valence-corrected chi connectivity index (χ4v) is 2.53. The molecule has 5 heteroatoms. The van der Waals surface area contributed by atoms with Crippen molar-refractivity contribution < 1.29 is 9.63 Å². The molecule has 0 fully saturated rings. The second kappa shape index (κ2) is 4.85. The SMILES string of the molecule is Cc1ccc(-c2nc(Cc3cccs3)no2)c(O)c1. The minimum Gasteiger partial charge on any atom is -0.507 e. The number of rotatable bonds is 3. The van der Waals surface area contributed by atoms with Gasteiger partial charge in [-0.15, -0.1) is 11.3 Å². The number of hydrogen-bond acceptors (Lipinski definition) is 5. The van der Waals surface area contributed by atoms with Gasteiger partial charge in [0.15, 0.2) is 5.82 Å². The van der Waals surface area contributed by atoms with Crippen LogP contribution in [-0.2, 0) is 6.42 Å². The number of benzene rings is 1. The van der Waals surface area contributed by atoms with E-state index in [-0.39, 0.29) is 5.75 Å². The normalized spacial score (nSPS) is 10.8. The Kier molecular flexibility index (Phi) is 3.05. The quantitative estimate of drug-likeness (QED) is 0.793. The molecule has 1 N–H and O–H groups in total. The molecule has 96 valence electrons. The lowest BCUT2D eigenvalue weighted by Crippen LogP contribution is -1.87. The van der Waals surface area contributed by atoms with Crippen LogP contribution in [0, 0.1) is 6.92 Å². The van der Waals surface area contributed by atoms with Crippen LogP contribution in [0.3, 0.4) is 0 Å². The van der Waals surface area contributed by atoms with E-state index in [9.17, 15) is 5.11 Å². The fourth-order valence-electron chi connectivity index (χ4n) is 1.83. The molecule has 0 amide bonds. The number of hydrogen-bond donors (Lipinski definition) is 1. The van der Waals surface area contributed by atoms with Crippen molar-refractivity contribution in [3.05, 3.63) is 52.0 Å². The molecule has 0 atom stereocenters. The average Bonchev–Trinajstić information content (AvgIpc) is 3.01. The predicted molar refractivity (Wildman–Crippen MR) is 73.3 cm³/mol. The Morgan fingerprint density at radius 1 is 1.32 bits per heavy atom. The first-order chi connectivity index (χ1) is 9.22. The second-order valence-corrected chi connectivity index (χ2v) is 5.32. The summed E-state index contributed by atoms with van der Waals surface area (Å²) in [5, 5.41) is 15.8. The van der Waals surface area contributed by atoms with Gasteiger partial charge in [-0.25, -0.2) is 0 Å². The Balaban J connectivity index is 1.88. The van der Waals surface area contributed by atoms with Crippen molar-refractivity contribution >= 4 is 11.3 Å². The highest BCUT2D eigenvalue weighted by atomic mass is 32.1. The van der Waals surface area contributed by atoms with E-state index in [0.717, 1.165) is 5.56 Å². The lowest BCUT2D eigenvalue weighted by molar-refractivity contribution is 0.418. The van der Waals surface area contributed by atoms with Crippen molar-refractivity contribution in [3.63, 3.8) is 0 Å². The summed E-state index contributed by atoms with van der Waals surface area (Å²) in [6.45, 7) is 1.92. The van der Waals surface area contributed by atoms with Gasteiger partial charge in [-0.2, -0.15) is 4.98 Å². The summed E-state index contributed by atoms with van der Waals surface area (Å²) in [5.74, 6) is 1.13. The zero-order valence-corrected chi connectivity index (χ0v) is 11.1. The summed E-state index contributed by atoms with van der Waals surface area (Å²) >= 11 is 1.66. The van der Waals surface area contributed by atoms with Crippen molar-refractivity contribution in [2.24, 2.45) is 0 Å². The molecular formula is C14H12N2O2S. The van der Waals surface area contributed by atoms with Crippen molar-refractivity contribution in [1.82, 2.24) is 10.1 Å². The molecule has 0 unspecified atom stereocenters. The number of nitrogens with zero attached hydrogens (tertiary/aromatic N) is 2. The number of phenolic OH excluding ortho intramolecular Hbond substituents is 1. The van der Waals surface area contributed by atoms with Gasteiger partial charge in [-0.1, -0.05) is 17.3 Å². The molecule has 0 saturated carbocycles. The summed E-state index contributed by atoms with van der Waals surface area (Å²) in [5.41, 5.74) is 1.55. The maximum atomic E-state index is 9.88. The van der Waals surface area contributed by atoms with E-state index in [1.807, 2.05) is 30.5 Å². The van der Waals surface area contributed by atoms with Crippen molar-refractivity contribution in [2.75, 3.05) is 0 Å². The smallest absolute Gasteiger partial charge is 0.261 e. The average molecular weight is 272 g/mol. The first-order valence-electron chi connectivity index (χ1n) is 5.87. The number of phenols is 1. The van der Waals surface area contributed by atoms with Gasteiger partial charge >= 0.3 is 0 Å². The standard InChI is InChI=1S/C14H12N2O2S/c1-9-4-5-11(12(17)7-9)14-15-13(16-18-14)8-10-3-2-6-19-10/h2-7,17H,8H2,1H3. The zero-order valence-electron chi connectivity index (χ0n) is 10.3. The van der Waals surface area contributed by atoms with E-state index in [1.54, 1.807) is 23.5 Å². The predicted octanol–water partition coefficient (Wildman–Crippen LogP) is 3.40. The Hall–Kier alpha value is -2.14. The monoisotopic (exact) mass is 272 g/mol. The molecule has 0 aliphatic heterocycles. The molecule has 19 heavy (non-hydrogen) atoms.